The Bertz CT molecular complexity index is 665. The normalized spacial score (nSPS) is 29.1. The fraction of sp³-hybridized carbons (Fsp3) is 0.556. The first-order valence-electron chi connectivity index (χ1n) is 5.49. The van der Waals surface area contributed by atoms with Gasteiger partial charge in [-0.15, -0.1) is 0 Å². The maximum Gasteiger partial charge on any atom is 0.330 e. The Hall–Kier alpha value is -1.65. The van der Waals surface area contributed by atoms with Gasteiger partial charge in [0.2, 0.25) is 0 Å². The largest absolute Gasteiger partial charge is 0.388 e. The van der Waals surface area contributed by atoms with Crippen molar-refractivity contribution in [3.05, 3.63) is 42.0 Å². The third kappa shape index (κ3) is 2.62. The number of ether oxygens (including phenoxy) is 1. The van der Waals surface area contributed by atoms with E-state index in [9.17, 15) is 19.8 Å². The lowest BCUT2D eigenvalue weighted by Gasteiger charge is -2.17. The number of aliphatic hydroxyl groups excluding tert-OH is 2. The van der Waals surface area contributed by atoms with Crippen molar-refractivity contribution in [1.29, 1.82) is 0 Å². The molecule has 0 aromatic carbocycles. The highest BCUT2D eigenvalue weighted by molar-refractivity contribution is 9.10. The van der Waals surface area contributed by atoms with E-state index in [2.05, 4.69) is 26.0 Å². The van der Waals surface area contributed by atoms with Crippen LogP contribution in [0.4, 0.5) is 0 Å². The van der Waals surface area contributed by atoms with E-state index >= 15 is 0 Å². The lowest BCUT2D eigenvalue weighted by molar-refractivity contribution is -0.0373. The van der Waals surface area contributed by atoms with Crippen LogP contribution >= 0.6 is 15.9 Å². The second-order valence-corrected chi connectivity index (χ2v) is 4.96. The van der Waals surface area contributed by atoms with Gasteiger partial charge in [0.1, 0.15) is 12.2 Å². The Morgan fingerprint density at radius 3 is 2.85 bits per heavy atom. The van der Waals surface area contributed by atoms with Crippen LogP contribution in [0.1, 0.15) is 6.23 Å². The molecule has 4 atom stereocenters. The Morgan fingerprint density at radius 2 is 2.20 bits per heavy atom. The Balaban J connectivity index is 2.34. The van der Waals surface area contributed by atoms with E-state index in [1.54, 1.807) is 0 Å². The van der Waals surface area contributed by atoms with E-state index < -0.39 is 35.8 Å². The van der Waals surface area contributed by atoms with E-state index in [1.165, 1.54) is 0 Å². The van der Waals surface area contributed by atoms with Crippen LogP contribution in [-0.4, -0.2) is 44.6 Å². The summed E-state index contributed by atoms with van der Waals surface area (Å²) in [5.41, 5.74) is 6.82. The zero-order chi connectivity index (χ0) is 14.9. The van der Waals surface area contributed by atoms with Crippen LogP contribution in [0.15, 0.2) is 25.4 Å². The van der Waals surface area contributed by atoms with Gasteiger partial charge in [0.25, 0.3) is 5.56 Å². The standard InChI is InChI=1S/C9H10BrN5O5/c10-3-2-15(9(19)13-7(3)18)8-6(17)5(16)4(20-8)1-12-14-11/h2,4-6,8,16-17H,1H2,(H,13,18,19)/t4-,5-,6+,8-/m1/s1. The molecular weight excluding hydrogens is 338 g/mol. The molecule has 3 N–H and O–H groups in total. The Morgan fingerprint density at radius 1 is 1.50 bits per heavy atom. The quantitative estimate of drug-likeness (QED) is 0.372. The maximum absolute atomic E-state index is 11.7. The minimum absolute atomic E-state index is 0.0703. The number of hydrogen-bond donors (Lipinski definition) is 3. The molecule has 1 aliphatic heterocycles. The molecule has 0 saturated carbocycles. The molecule has 2 heterocycles. The number of hydrogen-bond acceptors (Lipinski definition) is 6. The summed E-state index contributed by atoms with van der Waals surface area (Å²) in [6, 6.07) is 0. The average molecular weight is 348 g/mol. The highest BCUT2D eigenvalue weighted by atomic mass is 79.9. The number of nitrogens with zero attached hydrogens (tertiary/aromatic N) is 4. The summed E-state index contributed by atoms with van der Waals surface area (Å²) in [6.07, 6.45) is -3.70. The third-order valence-electron chi connectivity index (χ3n) is 2.86. The van der Waals surface area contributed by atoms with E-state index in [4.69, 9.17) is 10.3 Å². The highest BCUT2D eigenvalue weighted by Crippen LogP contribution is 2.28. The van der Waals surface area contributed by atoms with Crippen LogP contribution in [0, 0.1) is 0 Å². The van der Waals surface area contributed by atoms with Crippen molar-refractivity contribution < 1.29 is 14.9 Å². The van der Waals surface area contributed by atoms with Crippen molar-refractivity contribution in [3.63, 3.8) is 0 Å². The number of rotatable bonds is 3. The molecular formula is C9H10BrN5O5. The summed E-state index contributed by atoms with van der Waals surface area (Å²) in [5, 5.41) is 22.9. The molecule has 10 nitrogen and oxygen atoms in total. The van der Waals surface area contributed by atoms with E-state index in [-0.39, 0.29) is 11.0 Å². The van der Waals surface area contributed by atoms with Gasteiger partial charge in [-0.25, -0.2) is 4.79 Å². The monoisotopic (exact) mass is 347 g/mol. The molecule has 1 aromatic heterocycles. The van der Waals surface area contributed by atoms with Crippen LogP contribution in [0.2, 0.25) is 0 Å². The lowest BCUT2D eigenvalue weighted by atomic mass is 10.1. The molecule has 0 spiro atoms. The third-order valence-corrected chi connectivity index (χ3v) is 3.43. The van der Waals surface area contributed by atoms with Gasteiger partial charge in [-0.05, 0) is 21.5 Å². The first kappa shape index (κ1) is 14.8. The lowest BCUT2D eigenvalue weighted by Crippen LogP contribution is -2.38. The first-order chi connectivity index (χ1) is 9.45. The van der Waals surface area contributed by atoms with Crippen molar-refractivity contribution in [2.24, 2.45) is 5.11 Å². The van der Waals surface area contributed by atoms with Gasteiger partial charge in [-0.1, -0.05) is 5.11 Å². The minimum Gasteiger partial charge on any atom is -0.388 e. The summed E-state index contributed by atoms with van der Waals surface area (Å²) in [5.74, 6) is 0. The predicted octanol–water partition coefficient (Wildman–Crippen LogP) is -0.771. The van der Waals surface area contributed by atoms with Crippen LogP contribution in [0.25, 0.3) is 10.4 Å². The number of aliphatic hydroxyl groups is 2. The molecule has 0 amide bonds. The summed E-state index contributed by atoms with van der Waals surface area (Å²) in [4.78, 5) is 27.5. The van der Waals surface area contributed by atoms with Crippen molar-refractivity contribution in [1.82, 2.24) is 9.55 Å². The van der Waals surface area contributed by atoms with Crippen LogP contribution in [0.3, 0.4) is 0 Å². The van der Waals surface area contributed by atoms with Crippen LogP contribution < -0.4 is 11.2 Å². The van der Waals surface area contributed by atoms with Gasteiger partial charge < -0.3 is 14.9 Å². The zero-order valence-corrected chi connectivity index (χ0v) is 11.5. The molecule has 0 unspecified atom stereocenters. The molecule has 1 fully saturated rings. The van der Waals surface area contributed by atoms with E-state index in [0.717, 1.165) is 10.8 Å². The number of aromatic amines is 1. The second kappa shape index (κ2) is 5.77. The number of azide groups is 1. The molecule has 0 aliphatic carbocycles. The fourth-order valence-corrected chi connectivity index (χ4v) is 2.20. The van der Waals surface area contributed by atoms with E-state index in [1.807, 2.05) is 4.98 Å². The Labute approximate surface area is 119 Å². The van der Waals surface area contributed by atoms with Crippen molar-refractivity contribution in [2.75, 3.05) is 6.54 Å². The second-order valence-electron chi connectivity index (χ2n) is 4.10. The number of halogens is 1. The van der Waals surface area contributed by atoms with Gasteiger partial charge in [-0.2, -0.15) is 0 Å². The SMILES string of the molecule is [N-]=[N+]=NC[C@H]1O[C@@H](n2cc(Br)c(=O)[nH]c2=O)[C@@H](O)[C@@H]1O. The molecule has 0 bridgehead atoms. The summed E-state index contributed by atoms with van der Waals surface area (Å²) in [7, 11) is 0. The molecule has 2 rings (SSSR count). The van der Waals surface area contributed by atoms with Gasteiger partial charge in [-0.3, -0.25) is 14.3 Å². The van der Waals surface area contributed by atoms with E-state index in [0.29, 0.717) is 0 Å². The molecule has 108 valence electrons. The molecule has 0 radical (unpaired) electrons. The number of nitrogens with one attached hydrogen (secondary N) is 1. The van der Waals surface area contributed by atoms with Gasteiger partial charge in [0.15, 0.2) is 6.23 Å². The fourth-order valence-electron chi connectivity index (χ4n) is 1.88. The smallest absolute Gasteiger partial charge is 0.330 e. The number of aromatic nitrogens is 2. The highest BCUT2D eigenvalue weighted by Gasteiger charge is 2.43. The van der Waals surface area contributed by atoms with Gasteiger partial charge in [0.05, 0.1) is 17.1 Å². The van der Waals surface area contributed by atoms with Crippen molar-refractivity contribution >= 4 is 15.9 Å². The molecule has 20 heavy (non-hydrogen) atoms. The van der Waals surface area contributed by atoms with Crippen LogP contribution in [0.5, 0.6) is 0 Å². The molecule has 1 aliphatic rings. The van der Waals surface area contributed by atoms with Gasteiger partial charge >= 0.3 is 5.69 Å². The first-order valence-corrected chi connectivity index (χ1v) is 6.28. The molecule has 1 saturated heterocycles. The summed E-state index contributed by atoms with van der Waals surface area (Å²) < 4.78 is 6.32. The number of H-pyrrole nitrogens is 1. The van der Waals surface area contributed by atoms with Gasteiger partial charge in [0, 0.05) is 11.1 Å². The minimum atomic E-state index is -1.40. The maximum atomic E-state index is 11.7. The summed E-state index contributed by atoms with van der Waals surface area (Å²) >= 11 is 2.95. The Kier molecular flexibility index (Phi) is 4.26. The summed E-state index contributed by atoms with van der Waals surface area (Å²) in [6.45, 7) is -0.190. The molecule has 1 aromatic rings. The predicted molar refractivity (Wildman–Crippen MR) is 69.0 cm³/mol. The average Bonchev–Trinajstić information content (AvgIpc) is 2.68. The van der Waals surface area contributed by atoms with Crippen molar-refractivity contribution in [2.45, 2.75) is 24.5 Å². The zero-order valence-electron chi connectivity index (χ0n) is 9.88. The topological polar surface area (TPSA) is 153 Å². The van der Waals surface area contributed by atoms with Crippen molar-refractivity contribution in [3.8, 4) is 0 Å². The molecule has 11 heteroatoms. The van der Waals surface area contributed by atoms with Crippen LogP contribution in [-0.2, 0) is 4.74 Å².